The van der Waals surface area contributed by atoms with E-state index in [0.717, 1.165) is 53.8 Å². The highest BCUT2D eigenvalue weighted by atomic mass is 79.9. The third-order valence-electron chi connectivity index (χ3n) is 4.04. The summed E-state index contributed by atoms with van der Waals surface area (Å²) in [6.45, 7) is 2.84. The number of hydrogen-bond donors (Lipinski definition) is 1. The molecule has 0 saturated carbocycles. The van der Waals surface area contributed by atoms with Gasteiger partial charge >= 0.3 is 6.03 Å². The van der Waals surface area contributed by atoms with Gasteiger partial charge in [-0.1, -0.05) is 24.2 Å². The van der Waals surface area contributed by atoms with Crippen LogP contribution in [0.1, 0.15) is 43.7 Å². The van der Waals surface area contributed by atoms with E-state index in [1.807, 2.05) is 35.2 Å². The number of hydrogen-bond acceptors (Lipinski definition) is 3. The summed E-state index contributed by atoms with van der Waals surface area (Å²) in [4.78, 5) is 14.5. The number of aryl methyl sites for hydroxylation is 1. The number of likely N-dealkylation sites (tertiary alicyclic amines) is 1. The molecular formula is C17H20BrN3O2. The lowest BCUT2D eigenvalue weighted by Crippen LogP contribution is -2.34. The summed E-state index contributed by atoms with van der Waals surface area (Å²) in [6.07, 6.45) is 3.79. The monoisotopic (exact) mass is 377 g/mol. The predicted molar refractivity (Wildman–Crippen MR) is 92.3 cm³/mol. The first-order valence-corrected chi connectivity index (χ1v) is 8.76. The third-order valence-corrected chi connectivity index (χ3v) is 4.74. The number of para-hydroxylation sites is 1. The molecule has 2 aromatic rings. The maximum atomic E-state index is 12.6. The van der Waals surface area contributed by atoms with Gasteiger partial charge in [0.15, 0.2) is 0 Å². The highest BCUT2D eigenvalue weighted by Crippen LogP contribution is 2.32. The Labute approximate surface area is 144 Å². The minimum atomic E-state index is -0.0977. The van der Waals surface area contributed by atoms with Crippen LogP contribution in [0.25, 0.3) is 0 Å². The van der Waals surface area contributed by atoms with E-state index in [1.54, 1.807) is 0 Å². The van der Waals surface area contributed by atoms with Crippen LogP contribution in [0.15, 0.2) is 39.3 Å². The minimum absolute atomic E-state index is 0.00755. The Morgan fingerprint density at radius 3 is 3.09 bits per heavy atom. The minimum Gasteiger partial charge on any atom is -0.361 e. The zero-order valence-corrected chi connectivity index (χ0v) is 14.7. The lowest BCUT2D eigenvalue weighted by molar-refractivity contribution is 0.204. The van der Waals surface area contributed by atoms with Crippen molar-refractivity contribution in [2.24, 2.45) is 0 Å². The summed E-state index contributed by atoms with van der Waals surface area (Å²) in [6, 6.07) is 9.48. The van der Waals surface area contributed by atoms with Crippen molar-refractivity contribution in [3.8, 4) is 0 Å². The van der Waals surface area contributed by atoms with Crippen molar-refractivity contribution in [3.63, 3.8) is 0 Å². The molecule has 1 fully saturated rings. The van der Waals surface area contributed by atoms with E-state index in [2.05, 4.69) is 33.3 Å². The van der Waals surface area contributed by atoms with Crippen LogP contribution < -0.4 is 5.32 Å². The molecule has 1 atom stereocenters. The summed E-state index contributed by atoms with van der Waals surface area (Å²) in [7, 11) is 0. The normalized spacial score (nSPS) is 17.5. The number of benzene rings is 1. The smallest absolute Gasteiger partial charge is 0.322 e. The zero-order chi connectivity index (χ0) is 16.2. The van der Waals surface area contributed by atoms with Crippen LogP contribution in [0.2, 0.25) is 0 Å². The van der Waals surface area contributed by atoms with Gasteiger partial charge in [-0.05, 0) is 47.3 Å². The van der Waals surface area contributed by atoms with E-state index in [1.165, 1.54) is 0 Å². The topological polar surface area (TPSA) is 58.4 Å². The summed E-state index contributed by atoms with van der Waals surface area (Å²) in [5.41, 5.74) is 1.63. The number of nitrogens with zero attached hydrogens (tertiary/aromatic N) is 2. The van der Waals surface area contributed by atoms with E-state index < -0.39 is 0 Å². The molecule has 2 amide bonds. The van der Waals surface area contributed by atoms with Crippen molar-refractivity contribution in [3.05, 3.63) is 46.3 Å². The number of rotatable bonds is 4. The predicted octanol–water partition coefficient (Wildman–Crippen LogP) is 4.76. The first-order valence-electron chi connectivity index (χ1n) is 7.96. The molecule has 0 radical (unpaired) electrons. The van der Waals surface area contributed by atoms with E-state index >= 15 is 0 Å². The van der Waals surface area contributed by atoms with Crippen LogP contribution in [0, 0.1) is 0 Å². The van der Waals surface area contributed by atoms with E-state index in [0.29, 0.717) is 0 Å². The summed E-state index contributed by atoms with van der Waals surface area (Å²) in [5.74, 6) is 0.889. The number of anilines is 1. The van der Waals surface area contributed by atoms with Crippen molar-refractivity contribution in [2.45, 2.75) is 38.6 Å². The van der Waals surface area contributed by atoms with Gasteiger partial charge in [-0.25, -0.2) is 4.79 Å². The van der Waals surface area contributed by atoms with Crippen molar-refractivity contribution >= 4 is 27.6 Å². The van der Waals surface area contributed by atoms with Gasteiger partial charge in [-0.2, -0.15) is 0 Å². The zero-order valence-electron chi connectivity index (χ0n) is 13.1. The van der Waals surface area contributed by atoms with E-state index in [9.17, 15) is 4.79 Å². The van der Waals surface area contributed by atoms with Gasteiger partial charge in [-0.3, -0.25) is 0 Å². The molecule has 0 bridgehead atoms. The fraction of sp³-hybridized carbons (Fsp3) is 0.412. The fourth-order valence-electron chi connectivity index (χ4n) is 2.92. The molecule has 3 rings (SSSR count). The molecule has 0 spiro atoms. The molecule has 2 heterocycles. The van der Waals surface area contributed by atoms with Crippen molar-refractivity contribution in [2.75, 3.05) is 11.9 Å². The molecule has 23 heavy (non-hydrogen) atoms. The molecule has 1 N–H and O–H groups in total. The second-order valence-electron chi connectivity index (χ2n) is 5.73. The van der Waals surface area contributed by atoms with Crippen molar-refractivity contribution in [1.29, 1.82) is 0 Å². The average Bonchev–Trinajstić information content (AvgIpc) is 3.18. The molecule has 1 aromatic heterocycles. The number of urea groups is 1. The Morgan fingerprint density at radius 2 is 2.30 bits per heavy atom. The number of carbonyl (C=O) groups is 1. The van der Waals surface area contributed by atoms with Crippen LogP contribution in [0.5, 0.6) is 0 Å². The first-order chi connectivity index (χ1) is 11.2. The molecule has 5 nitrogen and oxygen atoms in total. The van der Waals surface area contributed by atoms with E-state index in [-0.39, 0.29) is 12.1 Å². The Morgan fingerprint density at radius 1 is 1.48 bits per heavy atom. The number of nitrogens with one attached hydrogen (secondary N) is 1. The Kier molecular flexibility index (Phi) is 5.00. The summed E-state index contributed by atoms with van der Waals surface area (Å²) < 4.78 is 6.24. The van der Waals surface area contributed by atoms with Crippen LogP contribution in [-0.2, 0) is 6.42 Å². The molecule has 1 unspecified atom stereocenters. The number of carbonyl (C=O) groups excluding carboxylic acids is 1. The maximum absolute atomic E-state index is 12.6. The van der Waals surface area contributed by atoms with Gasteiger partial charge < -0.3 is 14.7 Å². The van der Waals surface area contributed by atoms with Crippen molar-refractivity contribution in [1.82, 2.24) is 10.1 Å². The van der Waals surface area contributed by atoms with Gasteiger partial charge in [0.05, 0.1) is 11.7 Å². The lowest BCUT2D eigenvalue weighted by Gasteiger charge is -2.23. The second kappa shape index (κ2) is 7.17. The molecule has 0 aliphatic carbocycles. The van der Waals surface area contributed by atoms with Crippen LogP contribution in [0.4, 0.5) is 10.5 Å². The average molecular weight is 378 g/mol. The Balaban J connectivity index is 1.73. The van der Waals surface area contributed by atoms with Crippen LogP contribution in [-0.4, -0.2) is 22.6 Å². The standard InChI is InChI=1S/C17H20BrN3O2/c1-2-6-12-11-15(20-23-12)16-9-5-10-21(16)17(22)19-14-8-4-3-7-13(14)18/h3-4,7-8,11,16H,2,5-6,9-10H2,1H3,(H,19,22). The Bertz CT molecular complexity index is 686. The highest BCUT2D eigenvalue weighted by molar-refractivity contribution is 9.10. The van der Waals surface area contributed by atoms with E-state index in [4.69, 9.17) is 4.52 Å². The fourth-order valence-corrected chi connectivity index (χ4v) is 3.30. The number of aromatic nitrogens is 1. The first kappa shape index (κ1) is 16.1. The molecule has 1 saturated heterocycles. The Hall–Kier alpha value is -1.82. The van der Waals surface area contributed by atoms with Gasteiger partial charge in [0, 0.05) is 23.5 Å². The van der Waals surface area contributed by atoms with Crippen LogP contribution in [0.3, 0.4) is 0 Å². The third kappa shape index (κ3) is 3.58. The molecule has 1 aliphatic rings. The quantitative estimate of drug-likeness (QED) is 0.835. The van der Waals surface area contributed by atoms with Gasteiger partial charge in [0.1, 0.15) is 11.5 Å². The summed E-state index contributed by atoms with van der Waals surface area (Å²) >= 11 is 3.45. The molecule has 1 aromatic carbocycles. The number of halogens is 1. The van der Waals surface area contributed by atoms with Gasteiger partial charge in [0.25, 0.3) is 0 Å². The van der Waals surface area contributed by atoms with Crippen molar-refractivity contribution < 1.29 is 9.32 Å². The van der Waals surface area contributed by atoms with Gasteiger partial charge in [-0.15, -0.1) is 0 Å². The number of amides is 2. The molecule has 1 aliphatic heterocycles. The largest absolute Gasteiger partial charge is 0.361 e. The molecule has 6 heteroatoms. The van der Waals surface area contributed by atoms with Crippen LogP contribution >= 0.6 is 15.9 Å². The summed E-state index contributed by atoms with van der Waals surface area (Å²) in [5, 5.41) is 7.13. The molecular weight excluding hydrogens is 358 g/mol. The highest BCUT2D eigenvalue weighted by Gasteiger charge is 2.32. The molecule has 122 valence electrons. The SMILES string of the molecule is CCCc1cc(C2CCCN2C(=O)Nc2ccccc2Br)no1. The maximum Gasteiger partial charge on any atom is 0.322 e. The van der Waals surface area contributed by atoms with Gasteiger partial charge in [0.2, 0.25) is 0 Å². The second-order valence-corrected chi connectivity index (χ2v) is 6.58. The lowest BCUT2D eigenvalue weighted by atomic mass is 10.1.